The van der Waals surface area contributed by atoms with Crippen molar-refractivity contribution in [3.8, 4) is 17.6 Å². The van der Waals surface area contributed by atoms with E-state index in [1.165, 1.54) is 0 Å². The highest BCUT2D eigenvalue weighted by molar-refractivity contribution is 5.38. The van der Waals surface area contributed by atoms with E-state index in [1.54, 1.807) is 24.3 Å². The van der Waals surface area contributed by atoms with Crippen molar-refractivity contribution in [3.05, 3.63) is 59.7 Å². The molecule has 0 saturated heterocycles. The zero-order valence-electron chi connectivity index (χ0n) is 11.8. The molecule has 0 fully saturated rings. The highest BCUT2D eigenvalue weighted by atomic mass is 16.5. The van der Waals surface area contributed by atoms with Gasteiger partial charge in [0.15, 0.2) is 0 Å². The molecule has 0 unspecified atom stereocenters. The maximum atomic E-state index is 8.76. The van der Waals surface area contributed by atoms with Crippen molar-refractivity contribution < 1.29 is 4.74 Å². The molecule has 0 aromatic heterocycles. The molecule has 2 rings (SSSR count). The lowest BCUT2D eigenvalue weighted by Crippen LogP contribution is -2.34. The van der Waals surface area contributed by atoms with E-state index < -0.39 is 0 Å². The Labute approximate surface area is 119 Å². The summed E-state index contributed by atoms with van der Waals surface area (Å²) >= 11 is 0. The van der Waals surface area contributed by atoms with E-state index in [-0.39, 0.29) is 5.54 Å². The number of hydrogen-bond acceptors (Lipinski definition) is 3. The summed E-state index contributed by atoms with van der Waals surface area (Å²) in [5.41, 5.74) is 7.55. The zero-order chi connectivity index (χ0) is 14.6. The molecule has 0 aliphatic carbocycles. The van der Waals surface area contributed by atoms with E-state index in [4.69, 9.17) is 15.7 Å². The molecule has 20 heavy (non-hydrogen) atoms. The van der Waals surface area contributed by atoms with Crippen molar-refractivity contribution >= 4 is 0 Å². The van der Waals surface area contributed by atoms with Crippen LogP contribution in [-0.4, -0.2) is 5.54 Å². The Bertz CT molecular complexity index is 619. The average molecular weight is 266 g/mol. The van der Waals surface area contributed by atoms with E-state index >= 15 is 0 Å². The second kappa shape index (κ2) is 5.77. The summed E-state index contributed by atoms with van der Waals surface area (Å²) in [6.07, 6.45) is 0.789. The average Bonchev–Trinajstić information content (AvgIpc) is 2.38. The SMILES string of the molecule is CC(C)(N)Cc1cccc(Oc2ccc(C#N)cc2)c1. The Morgan fingerprint density at radius 2 is 1.80 bits per heavy atom. The normalized spacial score (nSPS) is 10.9. The Kier molecular flexibility index (Phi) is 4.07. The first-order valence-electron chi connectivity index (χ1n) is 6.52. The lowest BCUT2D eigenvalue weighted by atomic mass is 9.96. The van der Waals surface area contributed by atoms with Crippen molar-refractivity contribution in [2.75, 3.05) is 0 Å². The molecule has 3 heteroatoms. The van der Waals surface area contributed by atoms with E-state index in [0.717, 1.165) is 17.7 Å². The minimum absolute atomic E-state index is 0.243. The van der Waals surface area contributed by atoms with Gasteiger partial charge >= 0.3 is 0 Å². The zero-order valence-corrected chi connectivity index (χ0v) is 11.8. The molecule has 102 valence electrons. The van der Waals surface area contributed by atoms with Gasteiger partial charge in [-0.05, 0) is 62.2 Å². The van der Waals surface area contributed by atoms with E-state index in [2.05, 4.69) is 6.07 Å². The summed E-state index contributed by atoms with van der Waals surface area (Å²) in [5, 5.41) is 8.76. The molecule has 2 aromatic carbocycles. The summed E-state index contributed by atoms with van der Waals surface area (Å²) in [4.78, 5) is 0. The molecule has 3 nitrogen and oxygen atoms in total. The fourth-order valence-electron chi connectivity index (χ4n) is 1.98. The van der Waals surface area contributed by atoms with E-state index in [9.17, 15) is 0 Å². The molecule has 0 atom stereocenters. The maximum Gasteiger partial charge on any atom is 0.127 e. The number of nitrogens with zero attached hydrogens (tertiary/aromatic N) is 1. The van der Waals surface area contributed by atoms with Crippen molar-refractivity contribution in [1.29, 1.82) is 5.26 Å². The lowest BCUT2D eigenvalue weighted by Gasteiger charge is -2.18. The molecule has 2 N–H and O–H groups in total. The Hall–Kier alpha value is -2.31. The van der Waals surface area contributed by atoms with Crippen molar-refractivity contribution in [2.45, 2.75) is 25.8 Å². The number of nitriles is 1. The Morgan fingerprint density at radius 1 is 1.10 bits per heavy atom. The maximum absolute atomic E-state index is 8.76. The fourth-order valence-corrected chi connectivity index (χ4v) is 1.98. The van der Waals surface area contributed by atoms with Crippen LogP contribution in [0.2, 0.25) is 0 Å². The molecule has 0 aliphatic rings. The van der Waals surface area contributed by atoms with Gasteiger partial charge in [0.1, 0.15) is 11.5 Å². The topological polar surface area (TPSA) is 59.0 Å². The number of ether oxygens (including phenoxy) is 1. The van der Waals surface area contributed by atoms with Gasteiger partial charge in [0.05, 0.1) is 11.6 Å². The van der Waals surface area contributed by atoms with Crippen LogP contribution in [0.5, 0.6) is 11.5 Å². The van der Waals surface area contributed by atoms with Crippen LogP contribution in [0.3, 0.4) is 0 Å². The highest BCUT2D eigenvalue weighted by Gasteiger charge is 2.12. The third-order valence-electron chi connectivity index (χ3n) is 2.78. The van der Waals surface area contributed by atoms with Gasteiger partial charge in [0.2, 0.25) is 0 Å². The number of rotatable bonds is 4. The number of nitrogens with two attached hydrogens (primary N) is 1. The molecule has 2 aromatic rings. The molecular formula is C17H18N2O. The molecule has 0 bridgehead atoms. The first-order valence-corrected chi connectivity index (χ1v) is 6.52. The first-order chi connectivity index (χ1) is 9.46. The van der Waals surface area contributed by atoms with Crippen LogP contribution in [0.15, 0.2) is 48.5 Å². The minimum atomic E-state index is -0.243. The van der Waals surface area contributed by atoms with Crippen LogP contribution in [0.4, 0.5) is 0 Å². The van der Waals surface area contributed by atoms with Gasteiger partial charge in [-0.2, -0.15) is 5.26 Å². The van der Waals surface area contributed by atoms with Crippen molar-refractivity contribution in [1.82, 2.24) is 0 Å². The second-order valence-corrected chi connectivity index (χ2v) is 5.55. The van der Waals surface area contributed by atoms with E-state index in [0.29, 0.717) is 11.3 Å². The molecule has 0 saturated carbocycles. The highest BCUT2D eigenvalue weighted by Crippen LogP contribution is 2.23. The number of hydrogen-bond donors (Lipinski definition) is 1. The van der Waals surface area contributed by atoms with E-state index in [1.807, 2.05) is 38.1 Å². The molecule has 0 heterocycles. The monoisotopic (exact) mass is 266 g/mol. The van der Waals surface area contributed by atoms with Gasteiger partial charge in [-0.25, -0.2) is 0 Å². The Morgan fingerprint density at radius 3 is 2.40 bits per heavy atom. The van der Waals surface area contributed by atoms with Gasteiger partial charge in [-0.3, -0.25) is 0 Å². The van der Waals surface area contributed by atoms with Crippen LogP contribution < -0.4 is 10.5 Å². The van der Waals surface area contributed by atoms with Gasteiger partial charge in [0.25, 0.3) is 0 Å². The summed E-state index contributed by atoms with van der Waals surface area (Å²) < 4.78 is 5.78. The Balaban J connectivity index is 2.13. The van der Waals surface area contributed by atoms with Crippen molar-refractivity contribution in [2.24, 2.45) is 5.73 Å². The smallest absolute Gasteiger partial charge is 0.127 e. The van der Waals surface area contributed by atoms with Gasteiger partial charge in [-0.1, -0.05) is 12.1 Å². The van der Waals surface area contributed by atoms with Crippen LogP contribution >= 0.6 is 0 Å². The first kappa shape index (κ1) is 14.1. The molecule has 0 radical (unpaired) electrons. The third kappa shape index (κ3) is 4.11. The third-order valence-corrected chi connectivity index (χ3v) is 2.78. The molecular weight excluding hydrogens is 248 g/mol. The van der Waals surface area contributed by atoms with Crippen LogP contribution in [0.25, 0.3) is 0 Å². The largest absolute Gasteiger partial charge is 0.457 e. The van der Waals surface area contributed by atoms with Gasteiger partial charge < -0.3 is 10.5 Å². The van der Waals surface area contributed by atoms with Crippen LogP contribution in [0.1, 0.15) is 25.0 Å². The predicted octanol–water partition coefficient (Wildman–Crippen LogP) is 3.63. The van der Waals surface area contributed by atoms with Gasteiger partial charge in [0, 0.05) is 5.54 Å². The summed E-state index contributed by atoms with van der Waals surface area (Å²) in [6.45, 7) is 4.00. The molecule has 0 aliphatic heterocycles. The standard InChI is InChI=1S/C17H18N2O/c1-17(2,19)11-14-4-3-5-16(10-14)20-15-8-6-13(12-18)7-9-15/h3-10H,11,19H2,1-2H3. The predicted molar refractivity (Wildman–Crippen MR) is 79.6 cm³/mol. The fraction of sp³-hybridized carbons (Fsp3) is 0.235. The number of benzene rings is 2. The summed E-state index contributed by atoms with van der Waals surface area (Å²) in [5.74, 6) is 1.49. The van der Waals surface area contributed by atoms with Crippen LogP contribution in [-0.2, 0) is 6.42 Å². The van der Waals surface area contributed by atoms with Crippen molar-refractivity contribution in [3.63, 3.8) is 0 Å². The second-order valence-electron chi connectivity index (χ2n) is 5.55. The molecule has 0 spiro atoms. The quantitative estimate of drug-likeness (QED) is 0.919. The van der Waals surface area contributed by atoms with Crippen LogP contribution in [0, 0.1) is 11.3 Å². The van der Waals surface area contributed by atoms with Gasteiger partial charge in [-0.15, -0.1) is 0 Å². The lowest BCUT2D eigenvalue weighted by molar-refractivity contribution is 0.478. The molecule has 0 amide bonds. The summed E-state index contributed by atoms with van der Waals surface area (Å²) in [6, 6.07) is 17.0. The summed E-state index contributed by atoms with van der Waals surface area (Å²) in [7, 11) is 0. The minimum Gasteiger partial charge on any atom is -0.457 e.